The van der Waals surface area contributed by atoms with E-state index in [1.807, 2.05) is 11.8 Å². The van der Waals surface area contributed by atoms with Crippen LogP contribution in [0.15, 0.2) is 0 Å². The molecule has 27 heavy (non-hydrogen) atoms. The molecule has 10 heteroatoms. The van der Waals surface area contributed by atoms with E-state index in [-0.39, 0.29) is 35.9 Å². The highest BCUT2D eigenvalue weighted by Crippen LogP contribution is 2.20. The van der Waals surface area contributed by atoms with Crippen molar-refractivity contribution in [3.8, 4) is 0 Å². The van der Waals surface area contributed by atoms with Crippen LogP contribution in [0.4, 0.5) is 0 Å². The van der Waals surface area contributed by atoms with Crippen molar-refractivity contribution in [3.63, 3.8) is 0 Å². The summed E-state index contributed by atoms with van der Waals surface area (Å²) in [5.41, 5.74) is 5.21. The van der Waals surface area contributed by atoms with Crippen LogP contribution in [0.5, 0.6) is 0 Å². The molecule has 0 spiro atoms. The summed E-state index contributed by atoms with van der Waals surface area (Å²) in [5, 5.41) is 15.8. The van der Waals surface area contributed by atoms with Crippen LogP contribution in [0.1, 0.15) is 39.5 Å². The lowest BCUT2D eigenvalue weighted by Crippen LogP contribution is -2.56. The smallest absolute Gasteiger partial charge is 0.237 e. The molecular formula is C17H32N6O3S. The number of rotatable bonds is 12. The van der Waals surface area contributed by atoms with E-state index in [9.17, 15) is 14.4 Å². The van der Waals surface area contributed by atoms with Crippen molar-refractivity contribution in [2.75, 3.05) is 18.8 Å². The van der Waals surface area contributed by atoms with Gasteiger partial charge in [0.05, 0.1) is 24.3 Å². The van der Waals surface area contributed by atoms with Crippen LogP contribution in [0.25, 0.3) is 0 Å². The molecular weight excluding hydrogens is 368 g/mol. The SMILES string of the molecule is CC(=O)[C@H](CS)NC(C)N1CCC[C@H]1C(=O)N[C@H](C=O)CCCNC(=N)N. The lowest BCUT2D eigenvalue weighted by Gasteiger charge is -2.33. The van der Waals surface area contributed by atoms with Crippen molar-refractivity contribution in [1.29, 1.82) is 5.41 Å². The number of ketones is 1. The first-order valence-corrected chi connectivity index (χ1v) is 9.90. The van der Waals surface area contributed by atoms with Gasteiger partial charge in [-0.1, -0.05) is 0 Å². The highest BCUT2D eigenvalue weighted by Gasteiger charge is 2.35. The molecule has 0 aromatic rings. The van der Waals surface area contributed by atoms with Crippen LogP contribution in [-0.4, -0.2) is 72.0 Å². The number of nitrogens with zero attached hydrogens (tertiary/aromatic N) is 1. The third-order valence-corrected chi connectivity index (χ3v) is 5.07. The summed E-state index contributed by atoms with van der Waals surface area (Å²) in [6.45, 7) is 4.67. The lowest BCUT2D eigenvalue weighted by molar-refractivity contribution is -0.128. The van der Waals surface area contributed by atoms with E-state index in [0.29, 0.717) is 31.6 Å². The van der Waals surface area contributed by atoms with Gasteiger partial charge >= 0.3 is 0 Å². The van der Waals surface area contributed by atoms with Gasteiger partial charge in [-0.05, 0) is 39.5 Å². The van der Waals surface area contributed by atoms with E-state index in [1.54, 1.807) is 0 Å². The molecule has 1 amide bonds. The first kappa shape index (κ1) is 23.4. The molecule has 154 valence electrons. The molecule has 0 saturated carbocycles. The average Bonchev–Trinajstić information content (AvgIpc) is 3.11. The van der Waals surface area contributed by atoms with Gasteiger partial charge in [0, 0.05) is 18.8 Å². The van der Waals surface area contributed by atoms with Crippen molar-refractivity contribution < 1.29 is 14.4 Å². The van der Waals surface area contributed by atoms with Gasteiger partial charge < -0.3 is 21.2 Å². The Morgan fingerprint density at radius 1 is 1.44 bits per heavy atom. The minimum absolute atomic E-state index is 0.0113. The zero-order valence-electron chi connectivity index (χ0n) is 16.0. The molecule has 0 aromatic carbocycles. The fraction of sp³-hybridized carbons (Fsp3) is 0.765. The molecule has 0 radical (unpaired) electrons. The Labute approximate surface area is 166 Å². The summed E-state index contributed by atoms with van der Waals surface area (Å²) < 4.78 is 0. The summed E-state index contributed by atoms with van der Waals surface area (Å²) >= 11 is 4.20. The van der Waals surface area contributed by atoms with Crippen molar-refractivity contribution in [1.82, 2.24) is 20.9 Å². The molecule has 9 nitrogen and oxygen atoms in total. The minimum Gasteiger partial charge on any atom is -0.370 e. The maximum absolute atomic E-state index is 12.7. The molecule has 1 rings (SSSR count). The largest absolute Gasteiger partial charge is 0.370 e. The predicted octanol–water partition coefficient (Wildman–Crippen LogP) is -0.779. The Hall–Kier alpha value is -1.65. The van der Waals surface area contributed by atoms with Crippen molar-refractivity contribution in [2.45, 2.75) is 63.8 Å². The zero-order chi connectivity index (χ0) is 20.4. The quantitative estimate of drug-likeness (QED) is 0.0830. The number of hydrogen-bond acceptors (Lipinski definition) is 7. The fourth-order valence-corrected chi connectivity index (χ4v) is 3.58. The number of carbonyl (C=O) groups excluding carboxylic acids is 3. The van der Waals surface area contributed by atoms with Crippen molar-refractivity contribution in [2.24, 2.45) is 5.73 Å². The van der Waals surface area contributed by atoms with Gasteiger partial charge in [0.1, 0.15) is 12.1 Å². The Kier molecular flexibility index (Phi) is 10.3. The Balaban J connectivity index is 2.57. The third kappa shape index (κ3) is 7.86. The number of hydrogen-bond donors (Lipinski definition) is 6. The number of thiol groups is 1. The number of likely N-dealkylation sites (tertiary alicyclic amines) is 1. The van der Waals surface area contributed by atoms with Crippen molar-refractivity contribution >= 4 is 36.6 Å². The van der Waals surface area contributed by atoms with E-state index >= 15 is 0 Å². The molecule has 0 aromatic heterocycles. The van der Waals surface area contributed by atoms with Crippen LogP contribution in [0, 0.1) is 5.41 Å². The van der Waals surface area contributed by atoms with Crippen LogP contribution in [0.3, 0.4) is 0 Å². The molecule has 1 saturated heterocycles. The fourth-order valence-electron chi connectivity index (χ4n) is 3.22. The van der Waals surface area contributed by atoms with Crippen LogP contribution < -0.4 is 21.7 Å². The van der Waals surface area contributed by atoms with E-state index in [2.05, 4.69) is 28.6 Å². The van der Waals surface area contributed by atoms with Gasteiger partial charge in [0.25, 0.3) is 0 Å². The van der Waals surface area contributed by atoms with Crippen LogP contribution in [-0.2, 0) is 14.4 Å². The molecule has 1 heterocycles. The molecule has 0 aliphatic carbocycles. The van der Waals surface area contributed by atoms with Crippen LogP contribution in [0.2, 0.25) is 0 Å². The number of Topliss-reactive ketones (excluding diaryl/α,β-unsaturated/α-hetero) is 1. The molecule has 1 aliphatic heterocycles. The molecule has 1 fully saturated rings. The van der Waals surface area contributed by atoms with Gasteiger partial charge in [-0.2, -0.15) is 12.6 Å². The maximum Gasteiger partial charge on any atom is 0.237 e. The normalized spacial score (nSPS) is 20.5. The van der Waals surface area contributed by atoms with Gasteiger partial charge in [-0.3, -0.25) is 25.2 Å². The molecule has 4 atom stereocenters. The second-order valence-corrected chi connectivity index (χ2v) is 7.18. The standard InChI is InChI=1S/C17H32N6O3S/c1-11(25)14(10-27)21-12(2)23-8-4-6-15(23)16(26)22-13(9-24)5-3-7-20-17(18)19/h9,12-15,21,27H,3-8,10H2,1-2H3,(H,22,26)(H4,18,19,20)/t12?,13-,14-,15-/m0/s1. The van der Waals surface area contributed by atoms with Crippen LogP contribution >= 0.6 is 12.6 Å². The van der Waals surface area contributed by atoms with Crippen molar-refractivity contribution in [3.05, 3.63) is 0 Å². The van der Waals surface area contributed by atoms with E-state index < -0.39 is 6.04 Å². The van der Waals surface area contributed by atoms with Gasteiger partial charge in [0.15, 0.2) is 5.96 Å². The summed E-state index contributed by atoms with van der Waals surface area (Å²) in [6, 6.07) is -1.26. The monoisotopic (exact) mass is 400 g/mol. The molecule has 6 N–H and O–H groups in total. The van der Waals surface area contributed by atoms with E-state index in [1.165, 1.54) is 6.92 Å². The number of carbonyl (C=O) groups is 3. The average molecular weight is 401 g/mol. The maximum atomic E-state index is 12.7. The molecule has 1 unspecified atom stereocenters. The summed E-state index contributed by atoms with van der Waals surface area (Å²) in [4.78, 5) is 37.6. The first-order valence-electron chi connectivity index (χ1n) is 9.26. The van der Waals surface area contributed by atoms with Gasteiger partial charge in [-0.15, -0.1) is 0 Å². The van der Waals surface area contributed by atoms with E-state index in [0.717, 1.165) is 19.3 Å². The molecule has 1 aliphatic rings. The molecule has 0 bridgehead atoms. The summed E-state index contributed by atoms with van der Waals surface area (Å²) in [6.07, 6.45) is 3.25. The predicted molar refractivity (Wildman–Crippen MR) is 108 cm³/mol. The minimum atomic E-state index is -0.570. The highest BCUT2D eigenvalue weighted by molar-refractivity contribution is 7.80. The number of amides is 1. The van der Waals surface area contributed by atoms with Gasteiger partial charge in [-0.25, -0.2) is 0 Å². The second-order valence-electron chi connectivity index (χ2n) is 6.82. The highest BCUT2D eigenvalue weighted by atomic mass is 32.1. The van der Waals surface area contributed by atoms with E-state index in [4.69, 9.17) is 11.1 Å². The third-order valence-electron chi connectivity index (χ3n) is 4.71. The first-order chi connectivity index (χ1) is 12.8. The lowest BCUT2D eigenvalue weighted by atomic mass is 10.1. The summed E-state index contributed by atoms with van der Waals surface area (Å²) in [7, 11) is 0. The zero-order valence-corrected chi connectivity index (χ0v) is 16.9. The number of guanidine groups is 1. The Bertz CT molecular complexity index is 533. The Morgan fingerprint density at radius 3 is 2.70 bits per heavy atom. The second kappa shape index (κ2) is 11.9. The summed E-state index contributed by atoms with van der Waals surface area (Å²) in [5.74, 6) is 0.112. The number of nitrogens with two attached hydrogens (primary N) is 1. The number of nitrogens with one attached hydrogen (secondary N) is 4. The topological polar surface area (TPSA) is 140 Å². The van der Waals surface area contributed by atoms with Gasteiger partial charge in [0.2, 0.25) is 5.91 Å². The Morgan fingerprint density at radius 2 is 2.15 bits per heavy atom. The number of aldehydes is 1.